The van der Waals surface area contributed by atoms with Crippen LogP contribution >= 0.6 is 12.6 Å². The number of anilines is 1. The highest BCUT2D eigenvalue weighted by atomic mass is 32.1. The fourth-order valence-electron chi connectivity index (χ4n) is 1.64. The van der Waals surface area contributed by atoms with Crippen LogP contribution in [0.1, 0.15) is 18.1 Å². The molecule has 0 spiro atoms. The van der Waals surface area contributed by atoms with Crippen LogP contribution in [0.15, 0.2) is 12.1 Å². The summed E-state index contributed by atoms with van der Waals surface area (Å²) in [6, 6.07) is 2.53. The van der Waals surface area contributed by atoms with Gasteiger partial charge in [-0.05, 0) is 18.2 Å². The second kappa shape index (κ2) is 6.60. The lowest BCUT2D eigenvalue weighted by molar-refractivity contribution is -0.384. The first-order valence-corrected chi connectivity index (χ1v) is 6.14. The lowest BCUT2D eigenvalue weighted by atomic mass is 9.99. The van der Waals surface area contributed by atoms with E-state index in [1.807, 2.05) is 0 Å². The Kier molecular flexibility index (Phi) is 5.40. The summed E-state index contributed by atoms with van der Waals surface area (Å²) in [6.45, 7) is 0. The number of hydrogen-bond acceptors (Lipinski definition) is 7. The van der Waals surface area contributed by atoms with Crippen molar-refractivity contribution in [3.63, 3.8) is 0 Å². The van der Waals surface area contributed by atoms with Crippen molar-refractivity contribution in [2.75, 3.05) is 18.6 Å². The molecule has 1 aromatic rings. The number of ether oxygens (including phenoxy) is 1. The van der Waals surface area contributed by atoms with Gasteiger partial charge in [0.1, 0.15) is 17.5 Å². The predicted molar refractivity (Wildman–Crippen MR) is 73.5 cm³/mol. The van der Waals surface area contributed by atoms with Gasteiger partial charge in [0, 0.05) is 5.56 Å². The molecule has 7 nitrogen and oxygen atoms in total. The molecule has 0 saturated carbocycles. The van der Waals surface area contributed by atoms with Gasteiger partial charge >= 0.3 is 0 Å². The van der Waals surface area contributed by atoms with Gasteiger partial charge in [0.05, 0.1) is 24.2 Å². The summed E-state index contributed by atoms with van der Waals surface area (Å²) in [5.74, 6) is 0.553. The third-order valence-corrected chi connectivity index (χ3v) is 2.96. The number of rotatable bonds is 6. The number of methoxy groups -OCH3 is 1. The first-order valence-electron chi connectivity index (χ1n) is 5.51. The Morgan fingerprint density at radius 2 is 2.16 bits per heavy atom. The highest BCUT2D eigenvalue weighted by molar-refractivity contribution is 7.80. The average Bonchev–Trinajstić information content (AvgIpc) is 2.38. The molecule has 106 valence electrons. The highest BCUT2D eigenvalue weighted by Gasteiger charge is 2.26. The Morgan fingerprint density at radius 3 is 2.63 bits per heavy atom. The van der Waals surface area contributed by atoms with Crippen molar-refractivity contribution in [3.8, 4) is 5.75 Å². The minimum absolute atomic E-state index is 0.0698. The Bertz CT molecular complexity index is 469. The van der Waals surface area contributed by atoms with E-state index in [-0.39, 0.29) is 29.1 Å². The first kappa shape index (κ1) is 15.5. The third-order valence-electron chi connectivity index (χ3n) is 2.70. The zero-order valence-electron chi connectivity index (χ0n) is 10.3. The van der Waals surface area contributed by atoms with Gasteiger partial charge in [0.15, 0.2) is 0 Å². The molecule has 0 fully saturated rings. The summed E-state index contributed by atoms with van der Waals surface area (Å²) in [6.07, 6.45) is -2.21. The molecule has 19 heavy (non-hydrogen) atoms. The van der Waals surface area contributed by atoms with E-state index >= 15 is 0 Å². The van der Waals surface area contributed by atoms with Crippen molar-refractivity contribution >= 4 is 24.0 Å². The van der Waals surface area contributed by atoms with Crippen molar-refractivity contribution in [1.29, 1.82) is 0 Å². The molecule has 0 aliphatic heterocycles. The van der Waals surface area contributed by atoms with Gasteiger partial charge in [-0.25, -0.2) is 0 Å². The van der Waals surface area contributed by atoms with Gasteiger partial charge in [-0.15, -0.1) is 0 Å². The Balaban J connectivity index is 3.25. The van der Waals surface area contributed by atoms with Crippen LogP contribution < -0.4 is 10.5 Å². The maximum Gasteiger partial charge on any atom is 0.296 e. The molecule has 0 radical (unpaired) electrons. The Morgan fingerprint density at radius 1 is 1.53 bits per heavy atom. The van der Waals surface area contributed by atoms with Gasteiger partial charge in [-0.3, -0.25) is 10.1 Å². The number of aliphatic hydroxyl groups excluding tert-OH is 2. The Labute approximate surface area is 115 Å². The standard InChI is InChI=1S/C11H16N2O5S/c1-18-6-4-7(11(15)9(14)2-3-19)10(12)8(5-6)13(16)17/h4-5,9,11,14-15,19H,2-3,12H2,1H3. The van der Waals surface area contributed by atoms with E-state index in [9.17, 15) is 20.3 Å². The highest BCUT2D eigenvalue weighted by Crippen LogP contribution is 2.35. The van der Waals surface area contributed by atoms with Crippen LogP contribution in [0.2, 0.25) is 0 Å². The van der Waals surface area contributed by atoms with Crippen molar-refractivity contribution in [3.05, 3.63) is 27.8 Å². The van der Waals surface area contributed by atoms with E-state index in [1.165, 1.54) is 13.2 Å². The van der Waals surface area contributed by atoms with Crippen molar-refractivity contribution < 1.29 is 19.9 Å². The minimum atomic E-state index is -1.33. The van der Waals surface area contributed by atoms with Crippen LogP contribution in [0, 0.1) is 10.1 Å². The number of benzene rings is 1. The molecule has 0 bridgehead atoms. The molecular weight excluding hydrogens is 272 g/mol. The molecular formula is C11H16N2O5S. The Hall–Kier alpha value is -1.51. The van der Waals surface area contributed by atoms with E-state index in [0.29, 0.717) is 5.75 Å². The zero-order chi connectivity index (χ0) is 14.6. The molecule has 4 N–H and O–H groups in total. The van der Waals surface area contributed by atoms with Crippen molar-refractivity contribution in [2.45, 2.75) is 18.6 Å². The molecule has 0 aliphatic carbocycles. The second-order valence-corrected chi connectivity index (χ2v) is 4.38. The normalized spacial score (nSPS) is 13.9. The van der Waals surface area contributed by atoms with Gasteiger partial charge in [-0.2, -0.15) is 12.6 Å². The molecule has 2 atom stereocenters. The maximum absolute atomic E-state index is 10.9. The van der Waals surface area contributed by atoms with E-state index in [1.54, 1.807) is 0 Å². The van der Waals surface area contributed by atoms with Crippen LogP contribution in [0.25, 0.3) is 0 Å². The summed E-state index contributed by atoms with van der Waals surface area (Å²) in [4.78, 5) is 10.2. The van der Waals surface area contributed by atoms with Gasteiger partial charge < -0.3 is 20.7 Å². The van der Waals surface area contributed by atoms with Gasteiger partial charge in [0.2, 0.25) is 0 Å². The fourth-order valence-corrected chi connectivity index (χ4v) is 1.91. The van der Waals surface area contributed by atoms with Gasteiger partial charge in [0.25, 0.3) is 5.69 Å². The van der Waals surface area contributed by atoms with E-state index in [2.05, 4.69) is 12.6 Å². The number of aliphatic hydroxyl groups is 2. The average molecular weight is 288 g/mol. The molecule has 1 aromatic carbocycles. The fraction of sp³-hybridized carbons (Fsp3) is 0.455. The number of nitro benzene ring substituents is 1. The van der Waals surface area contributed by atoms with Gasteiger partial charge in [-0.1, -0.05) is 0 Å². The van der Waals surface area contributed by atoms with Crippen molar-refractivity contribution in [1.82, 2.24) is 0 Å². The lowest BCUT2D eigenvalue weighted by Crippen LogP contribution is -2.20. The molecule has 1 rings (SSSR count). The number of nitrogens with two attached hydrogens (primary N) is 1. The molecule has 8 heteroatoms. The monoisotopic (exact) mass is 288 g/mol. The molecule has 0 amide bonds. The lowest BCUT2D eigenvalue weighted by Gasteiger charge is -2.19. The molecule has 0 heterocycles. The SMILES string of the molecule is COc1cc(C(O)C(O)CCS)c(N)c([N+](=O)[O-])c1. The smallest absolute Gasteiger partial charge is 0.296 e. The quantitative estimate of drug-likeness (QED) is 0.267. The first-order chi connectivity index (χ1) is 8.92. The number of thiol groups is 1. The summed E-state index contributed by atoms with van der Waals surface area (Å²) >= 11 is 3.95. The maximum atomic E-state index is 10.9. The van der Waals surface area contributed by atoms with E-state index in [0.717, 1.165) is 6.07 Å². The van der Waals surface area contributed by atoms with Crippen LogP contribution in [0.4, 0.5) is 11.4 Å². The predicted octanol–water partition coefficient (Wildman–Crippen LogP) is 0.900. The third kappa shape index (κ3) is 3.49. The van der Waals surface area contributed by atoms with E-state index < -0.39 is 17.1 Å². The molecule has 2 unspecified atom stereocenters. The topological polar surface area (TPSA) is 119 Å². The van der Waals surface area contributed by atoms with Crippen molar-refractivity contribution in [2.24, 2.45) is 0 Å². The number of nitro groups is 1. The minimum Gasteiger partial charge on any atom is -0.496 e. The summed E-state index contributed by atoms with van der Waals surface area (Å²) in [5.41, 5.74) is 5.17. The second-order valence-electron chi connectivity index (χ2n) is 3.93. The number of hydrogen-bond donors (Lipinski definition) is 4. The van der Waals surface area contributed by atoms with Crippen LogP contribution in [-0.4, -0.2) is 34.1 Å². The van der Waals surface area contributed by atoms with Crippen LogP contribution in [0.3, 0.4) is 0 Å². The van der Waals surface area contributed by atoms with Crippen LogP contribution in [0.5, 0.6) is 5.75 Å². The summed E-state index contributed by atoms with van der Waals surface area (Å²) in [5, 5.41) is 30.6. The number of nitrogens with zero attached hydrogens (tertiary/aromatic N) is 1. The number of nitrogen functional groups attached to an aromatic ring is 1. The van der Waals surface area contributed by atoms with E-state index in [4.69, 9.17) is 10.5 Å². The van der Waals surface area contributed by atoms with Crippen LogP contribution in [-0.2, 0) is 0 Å². The summed E-state index contributed by atoms with van der Waals surface area (Å²) < 4.78 is 4.92. The molecule has 0 saturated heterocycles. The summed E-state index contributed by atoms with van der Waals surface area (Å²) in [7, 11) is 1.34. The largest absolute Gasteiger partial charge is 0.496 e. The molecule has 0 aromatic heterocycles. The molecule has 0 aliphatic rings. The zero-order valence-corrected chi connectivity index (χ0v) is 11.2.